The van der Waals surface area contributed by atoms with Crippen LogP contribution in [0.1, 0.15) is 13.8 Å². The van der Waals surface area contributed by atoms with Gasteiger partial charge in [-0.1, -0.05) is 25.4 Å². The van der Waals surface area contributed by atoms with Gasteiger partial charge in [-0.3, -0.25) is 4.79 Å². The molecule has 0 bridgehead atoms. The largest absolute Gasteiger partial charge is 0.469 e. The number of carbonyl (C=O) groups is 1. The summed E-state index contributed by atoms with van der Waals surface area (Å²) < 4.78 is 4.72. The van der Waals surface area contributed by atoms with Crippen molar-refractivity contribution >= 4 is 35.0 Å². The van der Waals surface area contributed by atoms with E-state index in [0.717, 1.165) is 4.90 Å². The van der Waals surface area contributed by atoms with Gasteiger partial charge in [-0.05, 0) is 18.2 Å². The van der Waals surface area contributed by atoms with Gasteiger partial charge in [0.2, 0.25) is 0 Å². The van der Waals surface area contributed by atoms with E-state index in [1.54, 1.807) is 23.9 Å². The summed E-state index contributed by atoms with van der Waals surface area (Å²) in [4.78, 5) is 12.3. The molecule has 0 aliphatic heterocycles. The van der Waals surface area contributed by atoms with Crippen molar-refractivity contribution in [1.82, 2.24) is 0 Å². The van der Waals surface area contributed by atoms with Gasteiger partial charge in [0, 0.05) is 20.9 Å². The highest BCUT2D eigenvalue weighted by Crippen LogP contribution is 2.33. The van der Waals surface area contributed by atoms with E-state index in [-0.39, 0.29) is 17.1 Å². The summed E-state index contributed by atoms with van der Waals surface area (Å²) in [5, 5.41) is 0.700. The number of hydrogen-bond donors (Lipinski definition) is 1. The zero-order valence-corrected chi connectivity index (χ0v) is 11.6. The highest BCUT2D eigenvalue weighted by atomic mass is 35.5. The molecule has 2 N–H and O–H groups in total. The zero-order chi connectivity index (χ0) is 13.0. The summed E-state index contributed by atoms with van der Waals surface area (Å²) in [6.07, 6.45) is 0. The molecule has 2 unspecified atom stereocenters. The Morgan fingerprint density at radius 2 is 2.12 bits per heavy atom. The Labute approximate surface area is 111 Å². The maximum absolute atomic E-state index is 11.4. The normalized spacial score (nSPS) is 14.1. The van der Waals surface area contributed by atoms with Gasteiger partial charge >= 0.3 is 5.97 Å². The van der Waals surface area contributed by atoms with Crippen LogP contribution in [0.15, 0.2) is 23.1 Å². The van der Waals surface area contributed by atoms with E-state index in [4.69, 9.17) is 22.1 Å². The predicted molar refractivity (Wildman–Crippen MR) is 72.4 cm³/mol. The molecule has 2 atom stereocenters. The molecular weight excluding hydrogens is 258 g/mol. The summed E-state index contributed by atoms with van der Waals surface area (Å²) in [5.74, 6) is -0.391. The average Bonchev–Trinajstić information content (AvgIpc) is 2.30. The van der Waals surface area contributed by atoms with Gasteiger partial charge in [-0.25, -0.2) is 0 Å². The fraction of sp³-hybridized carbons (Fsp3) is 0.417. The van der Waals surface area contributed by atoms with E-state index in [1.165, 1.54) is 7.11 Å². The number of carbonyl (C=O) groups excluding carboxylic acids is 1. The molecule has 0 spiro atoms. The van der Waals surface area contributed by atoms with E-state index in [2.05, 4.69) is 0 Å². The van der Waals surface area contributed by atoms with Crippen molar-refractivity contribution in [3.8, 4) is 0 Å². The van der Waals surface area contributed by atoms with Crippen molar-refractivity contribution in [2.45, 2.75) is 24.0 Å². The van der Waals surface area contributed by atoms with Crippen LogP contribution in [0, 0.1) is 5.92 Å². The number of nitrogens with two attached hydrogens (primary N) is 1. The molecular formula is C12H16ClNO2S. The van der Waals surface area contributed by atoms with Crippen LogP contribution in [-0.2, 0) is 9.53 Å². The Balaban J connectivity index is 2.74. The minimum Gasteiger partial charge on any atom is -0.469 e. The first kappa shape index (κ1) is 14.2. The maximum atomic E-state index is 11.4. The highest BCUT2D eigenvalue weighted by molar-refractivity contribution is 8.00. The molecule has 5 heteroatoms. The first-order valence-electron chi connectivity index (χ1n) is 5.25. The summed E-state index contributed by atoms with van der Waals surface area (Å²) in [6, 6.07) is 5.36. The lowest BCUT2D eigenvalue weighted by atomic mass is 10.1. The number of halogens is 1. The fourth-order valence-electron chi connectivity index (χ4n) is 1.31. The summed E-state index contributed by atoms with van der Waals surface area (Å²) in [5.41, 5.74) is 6.49. The first-order chi connectivity index (χ1) is 7.95. The average molecular weight is 274 g/mol. The molecule has 3 nitrogen and oxygen atoms in total. The third kappa shape index (κ3) is 3.82. The molecule has 1 rings (SSSR count). The smallest absolute Gasteiger partial charge is 0.309 e. The molecule has 0 heterocycles. The molecule has 1 aromatic carbocycles. The number of benzene rings is 1. The number of anilines is 1. The second kappa shape index (κ2) is 6.17. The minimum absolute atomic E-state index is 0.0888. The molecule has 0 radical (unpaired) electrons. The van der Waals surface area contributed by atoms with Crippen molar-refractivity contribution in [3.05, 3.63) is 23.2 Å². The van der Waals surface area contributed by atoms with Gasteiger partial charge in [-0.15, -0.1) is 11.8 Å². The van der Waals surface area contributed by atoms with Gasteiger partial charge in [0.05, 0.1) is 13.0 Å². The van der Waals surface area contributed by atoms with Crippen LogP contribution in [0.5, 0.6) is 0 Å². The number of methoxy groups -OCH3 is 1. The van der Waals surface area contributed by atoms with E-state index < -0.39 is 0 Å². The molecule has 17 heavy (non-hydrogen) atoms. The number of thioether (sulfide) groups is 1. The second-order valence-corrected chi connectivity index (χ2v) is 5.67. The van der Waals surface area contributed by atoms with Crippen LogP contribution in [0.2, 0.25) is 5.02 Å². The van der Waals surface area contributed by atoms with Crippen LogP contribution < -0.4 is 5.73 Å². The predicted octanol–water partition coefficient (Wildman–Crippen LogP) is 3.21. The molecule has 0 aliphatic carbocycles. The Morgan fingerprint density at radius 3 is 2.65 bits per heavy atom. The van der Waals surface area contributed by atoms with E-state index in [0.29, 0.717) is 10.7 Å². The quantitative estimate of drug-likeness (QED) is 0.520. The molecule has 0 saturated heterocycles. The number of rotatable bonds is 4. The van der Waals surface area contributed by atoms with Crippen LogP contribution in [0.3, 0.4) is 0 Å². The van der Waals surface area contributed by atoms with Crippen LogP contribution in [0.25, 0.3) is 0 Å². The molecule has 0 saturated carbocycles. The van der Waals surface area contributed by atoms with Crippen molar-refractivity contribution in [2.75, 3.05) is 12.8 Å². The molecule has 1 aromatic rings. The van der Waals surface area contributed by atoms with Gasteiger partial charge in [0.25, 0.3) is 0 Å². The number of esters is 1. The topological polar surface area (TPSA) is 52.3 Å². The third-order valence-electron chi connectivity index (χ3n) is 2.56. The number of ether oxygens (including phenoxy) is 1. The Kier molecular flexibility index (Phi) is 5.15. The van der Waals surface area contributed by atoms with Gasteiger partial charge in [0.15, 0.2) is 0 Å². The number of hydrogen-bond acceptors (Lipinski definition) is 4. The Hall–Kier alpha value is -0.870. The summed E-state index contributed by atoms with van der Waals surface area (Å²) >= 11 is 7.37. The fourth-order valence-corrected chi connectivity index (χ4v) is 2.54. The number of nitrogen functional groups attached to an aromatic ring is 1. The first-order valence-corrected chi connectivity index (χ1v) is 6.51. The molecule has 94 valence electrons. The molecule has 0 fully saturated rings. The van der Waals surface area contributed by atoms with Crippen molar-refractivity contribution in [1.29, 1.82) is 0 Å². The Morgan fingerprint density at radius 1 is 1.47 bits per heavy atom. The van der Waals surface area contributed by atoms with Crippen LogP contribution >= 0.6 is 23.4 Å². The lowest BCUT2D eigenvalue weighted by Crippen LogP contribution is -2.22. The standard InChI is InChI=1S/C12H16ClNO2S/c1-7(12(15)16-3)8(2)17-11-5-4-9(13)6-10(11)14/h4-8H,14H2,1-3H3. The second-order valence-electron chi connectivity index (χ2n) is 3.82. The van der Waals surface area contributed by atoms with Crippen molar-refractivity contribution in [2.24, 2.45) is 5.92 Å². The molecule has 0 amide bonds. The summed E-state index contributed by atoms with van der Waals surface area (Å²) in [7, 11) is 1.40. The van der Waals surface area contributed by atoms with E-state index in [1.807, 2.05) is 19.9 Å². The molecule has 0 aliphatic rings. The monoisotopic (exact) mass is 273 g/mol. The minimum atomic E-state index is -0.211. The lowest BCUT2D eigenvalue weighted by molar-refractivity contribution is -0.144. The zero-order valence-electron chi connectivity index (χ0n) is 10.1. The lowest BCUT2D eigenvalue weighted by Gasteiger charge is -2.18. The highest BCUT2D eigenvalue weighted by Gasteiger charge is 2.22. The van der Waals surface area contributed by atoms with Crippen LogP contribution in [0.4, 0.5) is 5.69 Å². The van der Waals surface area contributed by atoms with E-state index >= 15 is 0 Å². The SMILES string of the molecule is COC(=O)C(C)C(C)Sc1ccc(Cl)cc1N. The molecule has 0 aromatic heterocycles. The van der Waals surface area contributed by atoms with Gasteiger partial charge in [0.1, 0.15) is 0 Å². The van der Waals surface area contributed by atoms with E-state index in [9.17, 15) is 4.79 Å². The summed E-state index contributed by atoms with van der Waals surface area (Å²) in [6.45, 7) is 3.82. The van der Waals surface area contributed by atoms with Crippen molar-refractivity contribution in [3.63, 3.8) is 0 Å². The Bertz CT molecular complexity index is 411. The van der Waals surface area contributed by atoms with Crippen molar-refractivity contribution < 1.29 is 9.53 Å². The van der Waals surface area contributed by atoms with Gasteiger partial charge < -0.3 is 10.5 Å². The van der Waals surface area contributed by atoms with Gasteiger partial charge in [-0.2, -0.15) is 0 Å². The van der Waals surface area contributed by atoms with Crippen LogP contribution in [-0.4, -0.2) is 18.3 Å². The third-order valence-corrected chi connectivity index (χ3v) is 4.20. The maximum Gasteiger partial charge on any atom is 0.309 e.